The summed E-state index contributed by atoms with van der Waals surface area (Å²) < 4.78 is 6.75. The molecule has 23 heavy (non-hydrogen) atoms. The van der Waals surface area contributed by atoms with Gasteiger partial charge in [-0.2, -0.15) is 0 Å². The van der Waals surface area contributed by atoms with E-state index in [2.05, 4.69) is 43.5 Å². The number of rotatable bonds is 7. The molecule has 0 radical (unpaired) electrons. The minimum absolute atomic E-state index is 0.0813. The zero-order valence-electron chi connectivity index (χ0n) is 14.1. The molecule has 0 spiro atoms. The minimum atomic E-state index is 0.0813. The Morgan fingerprint density at radius 3 is 2.87 bits per heavy atom. The van der Waals surface area contributed by atoms with Crippen molar-refractivity contribution < 1.29 is 9.53 Å². The Morgan fingerprint density at radius 2 is 2.17 bits per heavy atom. The molecule has 1 heterocycles. The van der Waals surface area contributed by atoms with Crippen molar-refractivity contribution in [3.05, 3.63) is 35.2 Å². The van der Waals surface area contributed by atoms with Gasteiger partial charge in [0.25, 0.3) is 0 Å². The largest absolute Gasteiger partial charge is 0.372 e. The number of carbonyl (C=O) groups excluding carboxylic acids is 1. The number of hydrogen-bond donors (Lipinski definition) is 0. The summed E-state index contributed by atoms with van der Waals surface area (Å²) in [5.41, 5.74) is 1.30. The van der Waals surface area contributed by atoms with E-state index in [0.29, 0.717) is 18.4 Å². The number of likely N-dealkylation sites (N-methyl/N-ethyl adjacent to an activating group) is 1. The van der Waals surface area contributed by atoms with E-state index in [1.807, 2.05) is 11.9 Å². The predicted octanol–water partition coefficient (Wildman–Crippen LogP) is 4.48. The molecule has 0 aliphatic heterocycles. The summed E-state index contributed by atoms with van der Waals surface area (Å²) >= 11 is 1.77. The number of fused-ring (bicyclic) bond motifs is 1. The van der Waals surface area contributed by atoms with Gasteiger partial charge in [0.15, 0.2) is 0 Å². The third-order valence-electron chi connectivity index (χ3n) is 4.79. The van der Waals surface area contributed by atoms with Crippen LogP contribution in [0.2, 0.25) is 0 Å². The molecule has 1 aromatic carbocycles. The minimum Gasteiger partial charge on any atom is -0.372 e. The first-order valence-electron chi connectivity index (χ1n) is 8.43. The molecule has 4 heteroatoms. The standard InChI is InChI=1S/C19H25NO2S/c1-4-9-22-11-18(21)20(3)19(15-10-13(15)2)16-12-23-17-8-6-5-7-14(16)17/h5-8,12-13,15,19H,4,9-11H2,1-3H3/t13-,15-,19+/m1/s1. The molecular formula is C19H25NO2S. The SMILES string of the molecule is CCCOCC(=O)N(C)[C@H](c1csc2ccccc12)[C@@H]1C[C@H]1C. The van der Waals surface area contributed by atoms with Gasteiger partial charge in [0.1, 0.15) is 6.61 Å². The van der Waals surface area contributed by atoms with Gasteiger partial charge in [0, 0.05) is 18.4 Å². The van der Waals surface area contributed by atoms with Gasteiger partial charge in [-0.3, -0.25) is 4.79 Å². The van der Waals surface area contributed by atoms with Gasteiger partial charge >= 0.3 is 0 Å². The van der Waals surface area contributed by atoms with Gasteiger partial charge in [0.05, 0.1) is 6.04 Å². The van der Waals surface area contributed by atoms with Crippen molar-refractivity contribution >= 4 is 27.3 Å². The second kappa shape index (κ2) is 7.02. The lowest BCUT2D eigenvalue weighted by Gasteiger charge is -2.29. The quantitative estimate of drug-likeness (QED) is 0.700. The van der Waals surface area contributed by atoms with Crippen LogP contribution in [0, 0.1) is 11.8 Å². The number of benzene rings is 1. The third-order valence-corrected chi connectivity index (χ3v) is 5.77. The molecule has 2 aromatic rings. The van der Waals surface area contributed by atoms with E-state index in [0.717, 1.165) is 6.42 Å². The predicted molar refractivity (Wildman–Crippen MR) is 95.7 cm³/mol. The molecule has 1 aromatic heterocycles. The van der Waals surface area contributed by atoms with E-state index in [-0.39, 0.29) is 18.6 Å². The van der Waals surface area contributed by atoms with Crippen LogP contribution in [0.1, 0.15) is 38.3 Å². The maximum atomic E-state index is 12.5. The molecule has 3 atom stereocenters. The Labute approximate surface area is 142 Å². The lowest BCUT2D eigenvalue weighted by Crippen LogP contribution is -2.35. The number of amides is 1. The summed E-state index contributed by atoms with van der Waals surface area (Å²) in [7, 11) is 1.93. The van der Waals surface area contributed by atoms with Gasteiger partial charge < -0.3 is 9.64 Å². The number of nitrogens with zero attached hydrogens (tertiary/aromatic N) is 1. The van der Waals surface area contributed by atoms with Gasteiger partial charge in [0.2, 0.25) is 5.91 Å². The monoisotopic (exact) mass is 331 g/mol. The van der Waals surface area contributed by atoms with E-state index in [4.69, 9.17) is 4.74 Å². The highest BCUT2D eigenvalue weighted by Crippen LogP contribution is 2.51. The van der Waals surface area contributed by atoms with Crippen LogP contribution < -0.4 is 0 Å². The molecule has 1 saturated carbocycles. The van der Waals surface area contributed by atoms with E-state index >= 15 is 0 Å². The Kier molecular flexibility index (Phi) is 5.02. The van der Waals surface area contributed by atoms with Crippen molar-refractivity contribution in [1.29, 1.82) is 0 Å². The zero-order valence-corrected chi connectivity index (χ0v) is 14.9. The first-order chi connectivity index (χ1) is 11.1. The topological polar surface area (TPSA) is 29.5 Å². The van der Waals surface area contributed by atoms with Crippen LogP contribution in [0.5, 0.6) is 0 Å². The zero-order chi connectivity index (χ0) is 16.4. The van der Waals surface area contributed by atoms with E-state index in [9.17, 15) is 4.79 Å². The van der Waals surface area contributed by atoms with Crippen molar-refractivity contribution in [2.24, 2.45) is 11.8 Å². The van der Waals surface area contributed by atoms with Gasteiger partial charge in [-0.25, -0.2) is 0 Å². The second-order valence-electron chi connectivity index (χ2n) is 6.57. The average Bonchev–Trinajstić information content (AvgIpc) is 3.11. The molecule has 1 aliphatic rings. The van der Waals surface area contributed by atoms with Gasteiger partial charge in [-0.05, 0) is 47.1 Å². The summed E-state index contributed by atoms with van der Waals surface area (Å²) in [6.07, 6.45) is 2.14. The van der Waals surface area contributed by atoms with Crippen molar-refractivity contribution in [1.82, 2.24) is 4.90 Å². The summed E-state index contributed by atoms with van der Waals surface area (Å²) in [5, 5.41) is 3.52. The lowest BCUT2D eigenvalue weighted by atomic mass is 9.99. The maximum Gasteiger partial charge on any atom is 0.248 e. The maximum absolute atomic E-state index is 12.5. The molecule has 124 valence electrons. The molecule has 1 aliphatic carbocycles. The van der Waals surface area contributed by atoms with Crippen molar-refractivity contribution in [2.75, 3.05) is 20.3 Å². The smallest absolute Gasteiger partial charge is 0.248 e. The molecule has 3 nitrogen and oxygen atoms in total. The third kappa shape index (κ3) is 3.43. The summed E-state index contributed by atoms with van der Waals surface area (Å²) in [4.78, 5) is 14.4. The number of ether oxygens (including phenoxy) is 1. The average molecular weight is 331 g/mol. The molecule has 0 bridgehead atoms. The van der Waals surface area contributed by atoms with Crippen molar-refractivity contribution in [3.63, 3.8) is 0 Å². The van der Waals surface area contributed by atoms with E-state index in [1.165, 1.54) is 22.1 Å². The van der Waals surface area contributed by atoms with Crippen LogP contribution in [0.3, 0.4) is 0 Å². The van der Waals surface area contributed by atoms with Crippen LogP contribution >= 0.6 is 11.3 Å². The number of hydrogen-bond acceptors (Lipinski definition) is 3. The fourth-order valence-corrected chi connectivity index (χ4v) is 4.30. The summed E-state index contributed by atoms with van der Waals surface area (Å²) in [6.45, 7) is 5.16. The van der Waals surface area contributed by atoms with Crippen LogP contribution in [0.15, 0.2) is 29.6 Å². The number of carbonyl (C=O) groups is 1. The van der Waals surface area contributed by atoms with E-state index < -0.39 is 0 Å². The Morgan fingerprint density at radius 1 is 1.43 bits per heavy atom. The lowest BCUT2D eigenvalue weighted by molar-refractivity contribution is -0.137. The van der Waals surface area contributed by atoms with Crippen LogP contribution in [0.4, 0.5) is 0 Å². The second-order valence-corrected chi connectivity index (χ2v) is 7.48. The fraction of sp³-hybridized carbons (Fsp3) is 0.526. The molecule has 1 fully saturated rings. The highest BCUT2D eigenvalue weighted by atomic mass is 32.1. The highest BCUT2D eigenvalue weighted by molar-refractivity contribution is 7.17. The Hall–Kier alpha value is -1.39. The first-order valence-corrected chi connectivity index (χ1v) is 9.31. The highest BCUT2D eigenvalue weighted by Gasteiger charge is 2.44. The van der Waals surface area contributed by atoms with E-state index in [1.54, 1.807) is 11.3 Å². The van der Waals surface area contributed by atoms with Crippen LogP contribution in [-0.4, -0.2) is 31.1 Å². The normalized spacial score (nSPS) is 21.3. The van der Waals surface area contributed by atoms with Crippen molar-refractivity contribution in [3.8, 4) is 0 Å². The van der Waals surface area contributed by atoms with Gasteiger partial charge in [-0.15, -0.1) is 11.3 Å². The molecule has 1 amide bonds. The van der Waals surface area contributed by atoms with Crippen LogP contribution in [0.25, 0.3) is 10.1 Å². The number of thiophene rings is 1. The Bertz CT molecular complexity index is 681. The molecular weight excluding hydrogens is 306 g/mol. The fourth-order valence-electron chi connectivity index (χ4n) is 3.31. The first kappa shape index (κ1) is 16.5. The molecule has 0 saturated heterocycles. The molecule has 3 rings (SSSR count). The Balaban J connectivity index is 1.85. The molecule has 0 N–H and O–H groups in total. The summed E-state index contributed by atoms with van der Waals surface area (Å²) in [5.74, 6) is 1.33. The van der Waals surface area contributed by atoms with Gasteiger partial charge in [-0.1, -0.05) is 32.0 Å². The van der Waals surface area contributed by atoms with Crippen LogP contribution in [-0.2, 0) is 9.53 Å². The van der Waals surface area contributed by atoms with Crippen molar-refractivity contribution in [2.45, 2.75) is 32.7 Å². The summed E-state index contributed by atoms with van der Waals surface area (Å²) in [6, 6.07) is 8.65. The molecule has 0 unspecified atom stereocenters.